The molecule has 1 unspecified atom stereocenters. The van der Waals surface area contributed by atoms with Crippen molar-refractivity contribution in [3.05, 3.63) is 53.7 Å². The highest BCUT2D eigenvalue weighted by Gasteiger charge is 2.31. The zero-order valence-corrected chi connectivity index (χ0v) is 12.0. The van der Waals surface area contributed by atoms with Crippen molar-refractivity contribution in [3.8, 4) is 5.75 Å². The molecule has 0 bridgehead atoms. The molecule has 2 aromatic rings. The van der Waals surface area contributed by atoms with E-state index in [1.165, 1.54) is 30.3 Å². The second-order valence-electron chi connectivity index (χ2n) is 4.86. The van der Waals surface area contributed by atoms with Crippen molar-refractivity contribution in [2.45, 2.75) is 19.1 Å². The van der Waals surface area contributed by atoms with Gasteiger partial charge in [0, 0.05) is 6.42 Å². The fourth-order valence-corrected chi connectivity index (χ4v) is 2.02. The Bertz CT molecular complexity index is 706. The van der Waals surface area contributed by atoms with E-state index in [9.17, 15) is 14.0 Å². The van der Waals surface area contributed by atoms with Crippen LogP contribution >= 0.6 is 0 Å². The SMILES string of the molecule is O=C(OC1CCOC1=O)c1ccc(COc2ccc(F)cc2)o1. The Morgan fingerprint density at radius 3 is 2.70 bits per heavy atom. The Labute approximate surface area is 130 Å². The maximum absolute atomic E-state index is 12.8. The first-order chi connectivity index (χ1) is 11.1. The number of carbonyl (C=O) groups excluding carboxylic acids is 2. The van der Waals surface area contributed by atoms with Gasteiger partial charge in [-0.3, -0.25) is 0 Å². The summed E-state index contributed by atoms with van der Waals surface area (Å²) >= 11 is 0. The van der Waals surface area contributed by atoms with E-state index >= 15 is 0 Å². The molecule has 0 saturated carbocycles. The van der Waals surface area contributed by atoms with Crippen LogP contribution in [0.3, 0.4) is 0 Å². The van der Waals surface area contributed by atoms with Crippen LogP contribution in [0.1, 0.15) is 22.7 Å². The molecule has 6 nitrogen and oxygen atoms in total. The lowest BCUT2D eigenvalue weighted by atomic mass is 10.3. The molecule has 1 saturated heterocycles. The summed E-state index contributed by atoms with van der Waals surface area (Å²) in [4.78, 5) is 23.1. The van der Waals surface area contributed by atoms with Crippen LogP contribution in [0.4, 0.5) is 4.39 Å². The molecule has 1 aromatic heterocycles. The van der Waals surface area contributed by atoms with Crippen LogP contribution in [0, 0.1) is 5.82 Å². The number of hydrogen-bond donors (Lipinski definition) is 0. The number of hydrogen-bond acceptors (Lipinski definition) is 6. The van der Waals surface area contributed by atoms with E-state index in [-0.39, 0.29) is 24.8 Å². The van der Waals surface area contributed by atoms with Gasteiger partial charge in [-0.15, -0.1) is 0 Å². The van der Waals surface area contributed by atoms with E-state index in [2.05, 4.69) is 0 Å². The zero-order chi connectivity index (χ0) is 16.2. The lowest BCUT2D eigenvalue weighted by Crippen LogP contribution is -2.22. The molecule has 0 N–H and O–H groups in total. The number of cyclic esters (lactones) is 1. The molecule has 7 heteroatoms. The van der Waals surface area contributed by atoms with Gasteiger partial charge >= 0.3 is 11.9 Å². The van der Waals surface area contributed by atoms with E-state index in [1.807, 2.05) is 0 Å². The number of benzene rings is 1. The first-order valence-corrected chi connectivity index (χ1v) is 6.96. The number of rotatable bonds is 5. The molecular weight excluding hydrogens is 307 g/mol. The minimum Gasteiger partial charge on any atom is -0.486 e. The van der Waals surface area contributed by atoms with E-state index < -0.39 is 18.0 Å². The minimum absolute atomic E-state index is 0.0255. The third-order valence-corrected chi connectivity index (χ3v) is 3.19. The third-order valence-electron chi connectivity index (χ3n) is 3.19. The van der Waals surface area contributed by atoms with E-state index in [0.717, 1.165) is 0 Å². The summed E-state index contributed by atoms with van der Waals surface area (Å²) < 4.78 is 33.2. The zero-order valence-electron chi connectivity index (χ0n) is 12.0. The monoisotopic (exact) mass is 320 g/mol. The van der Waals surface area contributed by atoms with Crippen LogP contribution in [0.15, 0.2) is 40.8 Å². The number of carbonyl (C=O) groups is 2. The average Bonchev–Trinajstić information content (AvgIpc) is 3.17. The topological polar surface area (TPSA) is 75.0 Å². The largest absolute Gasteiger partial charge is 0.486 e. The maximum atomic E-state index is 12.8. The van der Waals surface area contributed by atoms with Gasteiger partial charge in [0.1, 0.15) is 23.9 Å². The van der Waals surface area contributed by atoms with Crippen molar-refractivity contribution in [3.63, 3.8) is 0 Å². The first kappa shape index (κ1) is 15.1. The lowest BCUT2D eigenvalue weighted by Gasteiger charge is -2.06. The number of ether oxygens (including phenoxy) is 3. The van der Waals surface area contributed by atoms with E-state index in [1.54, 1.807) is 6.07 Å². The molecule has 1 atom stereocenters. The highest BCUT2D eigenvalue weighted by molar-refractivity contribution is 5.89. The van der Waals surface area contributed by atoms with Gasteiger partial charge in [0.2, 0.25) is 11.9 Å². The molecule has 0 spiro atoms. The van der Waals surface area contributed by atoms with Crippen LogP contribution in [-0.4, -0.2) is 24.6 Å². The summed E-state index contributed by atoms with van der Waals surface area (Å²) in [5.74, 6) is -0.796. The van der Waals surface area contributed by atoms with Gasteiger partial charge in [-0.25, -0.2) is 14.0 Å². The van der Waals surface area contributed by atoms with Crippen molar-refractivity contribution >= 4 is 11.9 Å². The van der Waals surface area contributed by atoms with Crippen LogP contribution in [-0.2, 0) is 20.9 Å². The Hall–Kier alpha value is -2.83. The predicted molar refractivity (Wildman–Crippen MR) is 74.2 cm³/mol. The predicted octanol–water partition coefficient (Wildman–Crippen LogP) is 2.47. The maximum Gasteiger partial charge on any atom is 0.375 e. The van der Waals surface area contributed by atoms with Gasteiger partial charge in [0.15, 0.2) is 0 Å². The third kappa shape index (κ3) is 3.68. The van der Waals surface area contributed by atoms with Crippen LogP contribution in [0.2, 0.25) is 0 Å². The average molecular weight is 320 g/mol. The van der Waals surface area contributed by atoms with Gasteiger partial charge in [-0.2, -0.15) is 0 Å². The molecule has 1 aliphatic rings. The molecule has 1 fully saturated rings. The van der Waals surface area contributed by atoms with Crippen LogP contribution < -0.4 is 4.74 Å². The second-order valence-corrected chi connectivity index (χ2v) is 4.86. The highest BCUT2D eigenvalue weighted by Crippen LogP contribution is 2.17. The van der Waals surface area contributed by atoms with Crippen LogP contribution in [0.5, 0.6) is 5.75 Å². The Morgan fingerprint density at radius 1 is 1.22 bits per heavy atom. The Balaban J connectivity index is 1.55. The fourth-order valence-electron chi connectivity index (χ4n) is 2.02. The normalized spacial score (nSPS) is 16.9. The first-order valence-electron chi connectivity index (χ1n) is 6.96. The molecule has 1 aliphatic heterocycles. The number of furan rings is 1. The standard InChI is InChI=1S/C16H13FO6/c17-10-1-3-11(4-2-10)21-9-12-5-6-13(22-12)16(19)23-14-7-8-20-15(14)18/h1-6,14H,7-9H2. The van der Waals surface area contributed by atoms with Crippen molar-refractivity contribution in [1.82, 2.24) is 0 Å². The van der Waals surface area contributed by atoms with Crippen molar-refractivity contribution in [2.24, 2.45) is 0 Å². The summed E-state index contributed by atoms with van der Waals surface area (Å²) in [6.45, 7) is 0.316. The van der Waals surface area contributed by atoms with Gasteiger partial charge < -0.3 is 18.6 Å². The highest BCUT2D eigenvalue weighted by atomic mass is 19.1. The Kier molecular flexibility index (Phi) is 4.27. The summed E-state index contributed by atoms with van der Waals surface area (Å²) in [7, 11) is 0. The molecule has 23 heavy (non-hydrogen) atoms. The summed E-state index contributed by atoms with van der Waals surface area (Å²) in [6.07, 6.45) is -0.544. The number of halogens is 1. The molecule has 120 valence electrons. The van der Waals surface area contributed by atoms with E-state index in [0.29, 0.717) is 17.9 Å². The van der Waals surface area contributed by atoms with Gasteiger partial charge in [-0.1, -0.05) is 0 Å². The van der Waals surface area contributed by atoms with Crippen molar-refractivity contribution in [2.75, 3.05) is 6.61 Å². The van der Waals surface area contributed by atoms with Crippen molar-refractivity contribution < 1.29 is 32.6 Å². The smallest absolute Gasteiger partial charge is 0.375 e. The number of esters is 2. The lowest BCUT2D eigenvalue weighted by molar-refractivity contribution is -0.145. The van der Waals surface area contributed by atoms with Gasteiger partial charge in [-0.05, 0) is 36.4 Å². The molecule has 2 heterocycles. The Morgan fingerprint density at radius 2 is 2.00 bits per heavy atom. The molecule has 1 aromatic carbocycles. The molecule has 0 amide bonds. The molecule has 0 aliphatic carbocycles. The van der Waals surface area contributed by atoms with Crippen LogP contribution in [0.25, 0.3) is 0 Å². The van der Waals surface area contributed by atoms with Crippen molar-refractivity contribution in [1.29, 1.82) is 0 Å². The summed E-state index contributed by atoms with van der Waals surface area (Å²) in [5, 5.41) is 0. The summed E-state index contributed by atoms with van der Waals surface area (Å²) in [5.41, 5.74) is 0. The molecule has 3 rings (SSSR count). The molecular formula is C16H13FO6. The minimum atomic E-state index is -0.883. The summed E-state index contributed by atoms with van der Waals surface area (Å²) in [6, 6.07) is 8.53. The van der Waals surface area contributed by atoms with Gasteiger partial charge in [0.25, 0.3) is 0 Å². The fraction of sp³-hybridized carbons (Fsp3) is 0.250. The molecule has 0 radical (unpaired) electrons. The van der Waals surface area contributed by atoms with E-state index in [4.69, 9.17) is 18.6 Å². The quantitative estimate of drug-likeness (QED) is 0.788. The van der Waals surface area contributed by atoms with Gasteiger partial charge in [0.05, 0.1) is 6.61 Å². The second kappa shape index (κ2) is 6.51.